The molecule has 0 saturated heterocycles. The summed E-state index contributed by atoms with van der Waals surface area (Å²) in [5.41, 5.74) is 1.06. The molecule has 3 nitrogen and oxygen atoms in total. The molecule has 0 heterocycles. The molecule has 0 saturated carbocycles. The zero-order valence-corrected chi connectivity index (χ0v) is 11.9. The first kappa shape index (κ1) is 15.3. The maximum Gasteiger partial charge on any atom is 0.0665 e. The number of nitrogens with one attached hydrogen (secondary N) is 2. The molecule has 0 aromatic heterocycles. The third-order valence-corrected chi connectivity index (χ3v) is 2.90. The first-order valence-electron chi connectivity index (χ1n) is 6.49. The highest BCUT2D eigenvalue weighted by Crippen LogP contribution is 2.13. The standard InChI is InChI=1S/C14H23ClN2O/c1-11(2)17-10-14(18)4-3-9-16-13-7-5-12(15)6-8-13/h5-8,11,14,16-18H,3-4,9-10H2,1-2H3. The average molecular weight is 271 g/mol. The maximum atomic E-state index is 9.72. The topological polar surface area (TPSA) is 44.3 Å². The smallest absolute Gasteiger partial charge is 0.0665 e. The summed E-state index contributed by atoms with van der Waals surface area (Å²) < 4.78 is 0. The lowest BCUT2D eigenvalue weighted by Crippen LogP contribution is -2.32. The summed E-state index contributed by atoms with van der Waals surface area (Å²) in [5, 5.41) is 17.0. The van der Waals surface area contributed by atoms with Crippen molar-refractivity contribution in [1.82, 2.24) is 5.32 Å². The predicted molar refractivity (Wildman–Crippen MR) is 78.3 cm³/mol. The van der Waals surface area contributed by atoms with E-state index in [1.807, 2.05) is 24.3 Å². The fraction of sp³-hybridized carbons (Fsp3) is 0.571. The van der Waals surface area contributed by atoms with Crippen LogP contribution in [0.4, 0.5) is 5.69 Å². The molecule has 1 atom stereocenters. The Morgan fingerprint density at radius 3 is 2.50 bits per heavy atom. The molecular formula is C14H23ClN2O. The highest BCUT2D eigenvalue weighted by molar-refractivity contribution is 6.30. The first-order valence-corrected chi connectivity index (χ1v) is 6.86. The van der Waals surface area contributed by atoms with Crippen LogP contribution in [0.1, 0.15) is 26.7 Å². The predicted octanol–water partition coefficient (Wildman–Crippen LogP) is 2.89. The Morgan fingerprint density at radius 2 is 1.89 bits per heavy atom. The van der Waals surface area contributed by atoms with Gasteiger partial charge in [-0.15, -0.1) is 0 Å². The maximum absolute atomic E-state index is 9.72. The number of hydrogen-bond acceptors (Lipinski definition) is 3. The molecule has 0 aliphatic carbocycles. The van der Waals surface area contributed by atoms with Crippen molar-refractivity contribution in [3.8, 4) is 0 Å². The molecule has 18 heavy (non-hydrogen) atoms. The van der Waals surface area contributed by atoms with Gasteiger partial charge in [-0.1, -0.05) is 25.4 Å². The molecule has 0 spiro atoms. The van der Waals surface area contributed by atoms with Gasteiger partial charge >= 0.3 is 0 Å². The molecule has 3 N–H and O–H groups in total. The molecule has 1 aromatic rings. The second-order valence-corrected chi connectivity index (χ2v) is 5.23. The fourth-order valence-corrected chi connectivity index (χ4v) is 1.74. The third kappa shape index (κ3) is 6.84. The van der Waals surface area contributed by atoms with Gasteiger partial charge in [-0.2, -0.15) is 0 Å². The van der Waals surface area contributed by atoms with Gasteiger partial charge in [0.1, 0.15) is 0 Å². The minimum Gasteiger partial charge on any atom is -0.392 e. The Morgan fingerprint density at radius 1 is 1.22 bits per heavy atom. The van der Waals surface area contributed by atoms with Crippen LogP contribution in [0.25, 0.3) is 0 Å². The number of halogens is 1. The summed E-state index contributed by atoms with van der Waals surface area (Å²) >= 11 is 5.81. The quantitative estimate of drug-likeness (QED) is 0.637. The molecular weight excluding hydrogens is 248 g/mol. The van der Waals surface area contributed by atoms with Gasteiger partial charge in [-0.25, -0.2) is 0 Å². The monoisotopic (exact) mass is 270 g/mol. The van der Waals surface area contributed by atoms with E-state index in [4.69, 9.17) is 11.6 Å². The zero-order chi connectivity index (χ0) is 13.4. The Bertz CT molecular complexity index is 327. The molecule has 0 aliphatic rings. The second kappa shape index (κ2) is 8.35. The Hall–Kier alpha value is -0.770. The normalized spacial score (nSPS) is 12.7. The number of rotatable bonds is 8. The molecule has 102 valence electrons. The molecule has 1 unspecified atom stereocenters. The summed E-state index contributed by atoms with van der Waals surface area (Å²) in [4.78, 5) is 0. The Labute approximate surface area is 115 Å². The van der Waals surface area contributed by atoms with E-state index in [9.17, 15) is 5.11 Å². The average Bonchev–Trinajstić information content (AvgIpc) is 2.34. The van der Waals surface area contributed by atoms with Crippen LogP contribution in [0.2, 0.25) is 5.02 Å². The largest absolute Gasteiger partial charge is 0.392 e. The molecule has 0 bridgehead atoms. The van der Waals surface area contributed by atoms with Crippen molar-refractivity contribution in [3.05, 3.63) is 29.3 Å². The van der Waals surface area contributed by atoms with Gasteiger partial charge in [0.2, 0.25) is 0 Å². The molecule has 0 fully saturated rings. The van der Waals surface area contributed by atoms with Gasteiger partial charge in [-0.3, -0.25) is 0 Å². The third-order valence-electron chi connectivity index (χ3n) is 2.65. The van der Waals surface area contributed by atoms with Crippen LogP contribution in [-0.2, 0) is 0 Å². The summed E-state index contributed by atoms with van der Waals surface area (Å²) in [7, 11) is 0. The number of benzene rings is 1. The molecule has 0 amide bonds. The van der Waals surface area contributed by atoms with Crippen LogP contribution in [0.15, 0.2) is 24.3 Å². The summed E-state index contributed by atoms with van der Waals surface area (Å²) in [6.45, 7) is 5.68. The molecule has 1 rings (SSSR count). The highest BCUT2D eigenvalue weighted by atomic mass is 35.5. The molecule has 0 aliphatic heterocycles. The van der Waals surface area contributed by atoms with Crippen molar-refractivity contribution in [1.29, 1.82) is 0 Å². The van der Waals surface area contributed by atoms with Crippen LogP contribution >= 0.6 is 11.6 Å². The van der Waals surface area contributed by atoms with Crippen molar-refractivity contribution in [2.45, 2.75) is 38.8 Å². The van der Waals surface area contributed by atoms with Crippen molar-refractivity contribution < 1.29 is 5.11 Å². The van der Waals surface area contributed by atoms with Gasteiger partial charge in [0, 0.05) is 29.8 Å². The number of hydrogen-bond donors (Lipinski definition) is 3. The molecule has 1 aromatic carbocycles. The first-order chi connectivity index (χ1) is 8.58. The van der Waals surface area contributed by atoms with E-state index < -0.39 is 0 Å². The number of aliphatic hydroxyl groups is 1. The van der Waals surface area contributed by atoms with Crippen LogP contribution in [0.5, 0.6) is 0 Å². The summed E-state index contributed by atoms with van der Waals surface area (Å²) in [5.74, 6) is 0. The van der Waals surface area contributed by atoms with Gasteiger partial charge < -0.3 is 15.7 Å². The van der Waals surface area contributed by atoms with Crippen molar-refractivity contribution in [2.24, 2.45) is 0 Å². The second-order valence-electron chi connectivity index (χ2n) is 4.79. The van der Waals surface area contributed by atoms with E-state index in [0.717, 1.165) is 30.1 Å². The van der Waals surface area contributed by atoms with Gasteiger partial charge in [-0.05, 0) is 37.1 Å². The summed E-state index contributed by atoms with van der Waals surface area (Å²) in [6.07, 6.45) is 1.49. The zero-order valence-electron chi connectivity index (χ0n) is 11.1. The van der Waals surface area contributed by atoms with E-state index in [1.54, 1.807) is 0 Å². The Balaban J connectivity index is 2.09. The summed E-state index contributed by atoms with van der Waals surface area (Å²) in [6, 6.07) is 8.07. The Kier molecular flexibility index (Phi) is 7.09. The van der Waals surface area contributed by atoms with Crippen molar-refractivity contribution in [2.75, 3.05) is 18.4 Å². The van der Waals surface area contributed by atoms with Gasteiger partial charge in [0.05, 0.1) is 6.10 Å². The van der Waals surface area contributed by atoms with Gasteiger partial charge in [0.15, 0.2) is 0 Å². The highest BCUT2D eigenvalue weighted by Gasteiger charge is 2.04. The number of anilines is 1. The van der Waals surface area contributed by atoms with E-state index >= 15 is 0 Å². The minimum atomic E-state index is -0.264. The van der Waals surface area contributed by atoms with E-state index in [-0.39, 0.29) is 6.10 Å². The van der Waals surface area contributed by atoms with E-state index in [1.165, 1.54) is 0 Å². The van der Waals surface area contributed by atoms with Gasteiger partial charge in [0.25, 0.3) is 0 Å². The minimum absolute atomic E-state index is 0.264. The van der Waals surface area contributed by atoms with Crippen LogP contribution < -0.4 is 10.6 Å². The molecule has 0 radical (unpaired) electrons. The molecule has 4 heteroatoms. The van der Waals surface area contributed by atoms with Crippen LogP contribution in [0, 0.1) is 0 Å². The van der Waals surface area contributed by atoms with E-state index in [2.05, 4.69) is 24.5 Å². The lowest BCUT2D eigenvalue weighted by Gasteiger charge is -2.14. The lowest BCUT2D eigenvalue weighted by molar-refractivity contribution is 0.157. The van der Waals surface area contributed by atoms with E-state index in [0.29, 0.717) is 12.6 Å². The van der Waals surface area contributed by atoms with Crippen molar-refractivity contribution >= 4 is 17.3 Å². The fourth-order valence-electron chi connectivity index (χ4n) is 1.61. The van der Waals surface area contributed by atoms with Crippen molar-refractivity contribution in [3.63, 3.8) is 0 Å². The number of aliphatic hydroxyl groups excluding tert-OH is 1. The SMILES string of the molecule is CC(C)NCC(O)CCCNc1ccc(Cl)cc1. The lowest BCUT2D eigenvalue weighted by atomic mass is 10.2. The van der Waals surface area contributed by atoms with Crippen LogP contribution in [-0.4, -0.2) is 30.3 Å². The van der Waals surface area contributed by atoms with Crippen LogP contribution in [0.3, 0.4) is 0 Å².